The molecule has 0 bridgehead atoms. The molecule has 2 saturated heterocycles. The average molecular weight is 488 g/mol. The molecule has 0 spiro atoms. The van der Waals surface area contributed by atoms with Crippen molar-refractivity contribution in [2.45, 2.75) is 37.2 Å². The summed E-state index contributed by atoms with van der Waals surface area (Å²) < 4.78 is 65.8. The van der Waals surface area contributed by atoms with E-state index < -0.39 is 45.8 Å². The first-order valence-corrected chi connectivity index (χ1v) is 12.2. The maximum absolute atomic E-state index is 13.8. The standard InChI is InChI=1S/C20H24F3N5O4S/c1-33(30,31)27-9-7-15(17(29)12-27)25-19-24-11-14(20(21,22)23)18(26-19)28-16(8-10-32-28)13-5-3-2-4-6-13/h2-6,11,15-17,29H,7-10,12H2,1H3,(H,24,25,26)/t15?,16-,17?/m0/s1. The highest BCUT2D eigenvalue weighted by Gasteiger charge is 2.41. The van der Waals surface area contributed by atoms with Crippen LogP contribution in [-0.2, 0) is 21.0 Å². The number of hydrogen-bond donors (Lipinski definition) is 2. The van der Waals surface area contributed by atoms with Gasteiger partial charge in [-0.25, -0.2) is 18.5 Å². The summed E-state index contributed by atoms with van der Waals surface area (Å²) in [5.74, 6) is -0.536. The van der Waals surface area contributed by atoms with Gasteiger partial charge in [-0.05, 0) is 12.0 Å². The number of alkyl halides is 3. The van der Waals surface area contributed by atoms with Crippen molar-refractivity contribution >= 4 is 21.8 Å². The van der Waals surface area contributed by atoms with Gasteiger partial charge in [-0.15, -0.1) is 0 Å². The predicted octanol–water partition coefficient (Wildman–Crippen LogP) is 2.19. The zero-order chi connectivity index (χ0) is 23.8. The maximum atomic E-state index is 13.8. The monoisotopic (exact) mass is 487 g/mol. The Balaban J connectivity index is 1.61. The number of aromatic nitrogens is 2. The van der Waals surface area contributed by atoms with Crippen LogP contribution in [0.5, 0.6) is 0 Å². The molecule has 2 aliphatic heterocycles. The van der Waals surface area contributed by atoms with Gasteiger partial charge in [-0.3, -0.25) is 4.84 Å². The van der Waals surface area contributed by atoms with Gasteiger partial charge in [0.15, 0.2) is 5.82 Å². The SMILES string of the molecule is CS(=O)(=O)N1CCC(Nc2ncc(C(F)(F)F)c(N3OCC[C@H]3c3ccccc3)n2)C(O)C1. The van der Waals surface area contributed by atoms with Crippen molar-refractivity contribution in [2.24, 2.45) is 0 Å². The van der Waals surface area contributed by atoms with Gasteiger partial charge in [0.05, 0.1) is 31.1 Å². The number of hydrogen-bond acceptors (Lipinski definition) is 8. The molecular weight excluding hydrogens is 463 g/mol. The van der Waals surface area contributed by atoms with Crippen LogP contribution in [0.2, 0.25) is 0 Å². The fourth-order valence-corrected chi connectivity index (χ4v) is 4.86. The van der Waals surface area contributed by atoms with Crippen molar-refractivity contribution in [3.8, 4) is 0 Å². The average Bonchev–Trinajstić information content (AvgIpc) is 3.24. The molecule has 3 heterocycles. The van der Waals surface area contributed by atoms with E-state index >= 15 is 0 Å². The summed E-state index contributed by atoms with van der Waals surface area (Å²) in [7, 11) is -3.46. The lowest BCUT2D eigenvalue weighted by molar-refractivity contribution is -0.138. The first-order valence-electron chi connectivity index (χ1n) is 10.3. The van der Waals surface area contributed by atoms with E-state index in [2.05, 4.69) is 15.3 Å². The van der Waals surface area contributed by atoms with Crippen LogP contribution >= 0.6 is 0 Å². The molecule has 2 aliphatic rings. The van der Waals surface area contributed by atoms with Gasteiger partial charge in [0, 0.05) is 25.7 Å². The van der Waals surface area contributed by atoms with Crippen LogP contribution in [0.4, 0.5) is 24.9 Å². The van der Waals surface area contributed by atoms with Gasteiger partial charge in [-0.1, -0.05) is 30.3 Å². The first-order chi connectivity index (χ1) is 15.5. The zero-order valence-electron chi connectivity index (χ0n) is 17.7. The highest BCUT2D eigenvalue weighted by atomic mass is 32.2. The summed E-state index contributed by atoms with van der Waals surface area (Å²) >= 11 is 0. The van der Waals surface area contributed by atoms with Crippen molar-refractivity contribution < 1.29 is 31.5 Å². The lowest BCUT2D eigenvalue weighted by Crippen LogP contribution is -2.51. The van der Waals surface area contributed by atoms with Crippen LogP contribution in [0.3, 0.4) is 0 Å². The van der Waals surface area contributed by atoms with Gasteiger partial charge in [0.1, 0.15) is 5.56 Å². The zero-order valence-corrected chi connectivity index (χ0v) is 18.6. The Labute approximate surface area is 189 Å². The third-order valence-electron chi connectivity index (χ3n) is 5.70. The normalized spacial score (nSPS) is 24.8. The third kappa shape index (κ3) is 5.21. The molecule has 180 valence electrons. The minimum Gasteiger partial charge on any atom is -0.390 e. The molecule has 1 aromatic heterocycles. The second-order valence-corrected chi connectivity index (χ2v) is 10.0. The predicted molar refractivity (Wildman–Crippen MR) is 114 cm³/mol. The quantitative estimate of drug-likeness (QED) is 0.661. The number of anilines is 2. The van der Waals surface area contributed by atoms with Crippen LogP contribution < -0.4 is 10.4 Å². The number of aliphatic hydroxyl groups is 1. The molecule has 4 rings (SSSR count). The largest absolute Gasteiger partial charge is 0.421 e. The Bertz CT molecular complexity index is 1090. The van der Waals surface area contributed by atoms with E-state index in [1.807, 2.05) is 18.2 Å². The number of piperidine rings is 1. The summed E-state index contributed by atoms with van der Waals surface area (Å²) in [6, 6.07) is 7.95. The summed E-state index contributed by atoms with van der Waals surface area (Å²) in [6.07, 6.45) is -3.33. The molecule has 13 heteroatoms. The summed E-state index contributed by atoms with van der Waals surface area (Å²) in [5, 5.41) is 14.4. The van der Waals surface area contributed by atoms with E-state index in [9.17, 15) is 26.7 Å². The molecule has 0 radical (unpaired) electrons. The second-order valence-electron chi connectivity index (χ2n) is 8.03. The van der Waals surface area contributed by atoms with E-state index in [1.54, 1.807) is 12.1 Å². The topological polar surface area (TPSA) is 108 Å². The van der Waals surface area contributed by atoms with Gasteiger partial charge >= 0.3 is 6.18 Å². The third-order valence-corrected chi connectivity index (χ3v) is 6.97. The molecular formula is C20H24F3N5O4S. The number of nitrogens with zero attached hydrogens (tertiary/aromatic N) is 4. The highest BCUT2D eigenvalue weighted by Crippen LogP contribution is 2.41. The highest BCUT2D eigenvalue weighted by molar-refractivity contribution is 7.88. The van der Waals surface area contributed by atoms with E-state index in [1.165, 1.54) is 0 Å². The number of aliphatic hydroxyl groups excluding tert-OH is 1. The van der Waals surface area contributed by atoms with E-state index in [0.717, 1.165) is 21.2 Å². The second kappa shape index (κ2) is 9.05. The van der Waals surface area contributed by atoms with Crippen LogP contribution in [-0.4, -0.2) is 65.9 Å². The summed E-state index contributed by atoms with van der Waals surface area (Å²) in [4.78, 5) is 13.5. The van der Waals surface area contributed by atoms with Crippen LogP contribution in [0.1, 0.15) is 30.0 Å². The summed E-state index contributed by atoms with van der Waals surface area (Å²) in [6.45, 7) is 0.258. The van der Waals surface area contributed by atoms with Gasteiger partial charge < -0.3 is 10.4 Å². The lowest BCUT2D eigenvalue weighted by Gasteiger charge is -2.35. The van der Waals surface area contributed by atoms with Crippen molar-refractivity contribution in [1.29, 1.82) is 0 Å². The Morgan fingerprint density at radius 1 is 1.21 bits per heavy atom. The molecule has 1 aromatic carbocycles. The number of hydroxylamine groups is 1. The Morgan fingerprint density at radius 3 is 2.58 bits per heavy atom. The Kier molecular flexibility index (Phi) is 6.49. The van der Waals surface area contributed by atoms with Gasteiger partial charge in [-0.2, -0.15) is 22.5 Å². The molecule has 2 fully saturated rings. The van der Waals surface area contributed by atoms with Crippen LogP contribution in [0, 0.1) is 0 Å². The Morgan fingerprint density at radius 2 is 1.94 bits per heavy atom. The molecule has 3 atom stereocenters. The fourth-order valence-electron chi connectivity index (χ4n) is 4.00. The van der Waals surface area contributed by atoms with E-state index in [4.69, 9.17) is 4.84 Å². The molecule has 2 aromatic rings. The molecule has 9 nitrogen and oxygen atoms in total. The molecule has 2 unspecified atom stereocenters. The van der Waals surface area contributed by atoms with Gasteiger partial charge in [0.2, 0.25) is 16.0 Å². The van der Waals surface area contributed by atoms with Crippen LogP contribution in [0.25, 0.3) is 0 Å². The summed E-state index contributed by atoms with van der Waals surface area (Å²) in [5.41, 5.74) is -0.247. The number of rotatable bonds is 5. The molecule has 0 saturated carbocycles. The molecule has 0 aliphatic carbocycles. The Hall–Kier alpha value is -2.48. The molecule has 2 N–H and O–H groups in total. The smallest absolute Gasteiger partial charge is 0.390 e. The number of benzene rings is 1. The molecule has 0 amide bonds. The maximum Gasteiger partial charge on any atom is 0.421 e. The first kappa shape index (κ1) is 23.7. The number of sulfonamides is 1. The number of halogens is 3. The van der Waals surface area contributed by atoms with Crippen molar-refractivity contribution in [3.63, 3.8) is 0 Å². The van der Waals surface area contributed by atoms with Crippen LogP contribution in [0.15, 0.2) is 36.5 Å². The molecule has 33 heavy (non-hydrogen) atoms. The minimum absolute atomic E-state index is 0.114. The van der Waals surface area contributed by atoms with Gasteiger partial charge in [0.25, 0.3) is 0 Å². The number of nitrogens with one attached hydrogen (secondary N) is 1. The van der Waals surface area contributed by atoms with E-state index in [0.29, 0.717) is 12.6 Å². The van der Waals surface area contributed by atoms with Crippen molar-refractivity contribution in [2.75, 3.05) is 36.3 Å². The number of β-amino-alcohol motifs (C(OH)–C–C–N with tert-alkyl or cyclic N) is 1. The minimum atomic E-state index is -4.71. The van der Waals surface area contributed by atoms with E-state index in [-0.39, 0.29) is 32.1 Å². The fraction of sp³-hybridized carbons (Fsp3) is 0.500. The van der Waals surface area contributed by atoms with Crippen molar-refractivity contribution in [3.05, 3.63) is 47.7 Å². The lowest BCUT2D eigenvalue weighted by atomic mass is 10.0. The van der Waals surface area contributed by atoms with Crippen molar-refractivity contribution in [1.82, 2.24) is 14.3 Å².